The lowest BCUT2D eigenvalue weighted by Gasteiger charge is -2.24. The molecular weight excluding hydrogens is 288 g/mol. The highest BCUT2D eigenvalue weighted by Crippen LogP contribution is 2.16. The molecule has 1 atom stereocenters. The number of carbonyl (C=O) groups excluding carboxylic acids is 1. The van der Waals surface area contributed by atoms with Crippen LogP contribution in [0.15, 0.2) is 24.3 Å². The standard InChI is InChI=1S/C16H25ClN2O2/c1-12(2)11-18-16(20)13(3)19(4)8-9-21-15-7-5-6-14(17)10-15/h5-7,10,12-13H,8-9,11H2,1-4H3,(H,18,20). The lowest BCUT2D eigenvalue weighted by molar-refractivity contribution is -0.125. The molecule has 1 aromatic carbocycles. The van der Waals surface area contributed by atoms with E-state index in [9.17, 15) is 4.79 Å². The van der Waals surface area contributed by atoms with Gasteiger partial charge in [-0.3, -0.25) is 9.69 Å². The molecule has 0 fully saturated rings. The highest BCUT2D eigenvalue weighted by atomic mass is 35.5. The van der Waals surface area contributed by atoms with Crippen molar-refractivity contribution in [1.82, 2.24) is 10.2 Å². The second kappa shape index (κ2) is 8.90. The van der Waals surface area contributed by atoms with Crippen molar-refractivity contribution in [3.63, 3.8) is 0 Å². The van der Waals surface area contributed by atoms with E-state index in [2.05, 4.69) is 19.2 Å². The van der Waals surface area contributed by atoms with Gasteiger partial charge in [0.2, 0.25) is 5.91 Å². The molecule has 0 aliphatic carbocycles. The fourth-order valence-electron chi connectivity index (χ4n) is 1.71. The summed E-state index contributed by atoms with van der Waals surface area (Å²) in [5, 5.41) is 3.59. The normalized spacial score (nSPS) is 12.5. The summed E-state index contributed by atoms with van der Waals surface area (Å²) in [4.78, 5) is 13.9. The summed E-state index contributed by atoms with van der Waals surface area (Å²) >= 11 is 5.90. The molecule has 1 amide bonds. The highest BCUT2D eigenvalue weighted by molar-refractivity contribution is 6.30. The Bertz CT molecular complexity index is 452. The topological polar surface area (TPSA) is 41.6 Å². The number of nitrogens with one attached hydrogen (secondary N) is 1. The van der Waals surface area contributed by atoms with Crippen molar-refractivity contribution in [3.05, 3.63) is 29.3 Å². The van der Waals surface area contributed by atoms with E-state index in [-0.39, 0.29) is 11.9 Å². The van der Waals surface area contributed by atoms with Gasteiger partial charge < -0.3 is 10.1 Å². The molecule has 0 aliphatic rings. The van der Waals surface area contributed by atoms with Crippen LogP contribution < -0.4 is 10.1 Å². The zero-order valence-electron chi connectivity index (χ0n) is 13.2. The highest BCUT2D eigenvalue weighted by Gasteiger charge is 2.17. The van der Waals surface area contributed by atoms with Crippen molar-refractivity contribution >= 4 is 17.5 Å². The van der Waals surface area contributed by atoms with Crippen LogP contribution in [0.1, 0.15) is 20.8 Å². The molecule has 1 unspecified atom stereocenters. The minimum absolute atomic E-state index is 0.0500. The van der Waals surface area contributed by atoms with Gasteiger partial charge in [-0.05, 0) is 38.1 Å². The summed E-state index contributed by atoms with van der Waals surface area (Å²) in [6, 6.07) is 7.13. The number of hydrogen-bond donors (Lipinski definition) is 1. The number of likely N-dealkylation sites (N-methyl/N-ethyl adjacent to an activating group) is 1. The summed E-state index contributed by atoms with van der Waals surface area (Å²) in [5.41, 5.74) is 0. The van der Waals surface area contributed by atoms with Crippen molar-refractivity contribution in [2.75, 3.05) is 26.7 Å². The molecule has 1 N–H and O–H groups in total. The summed E-state index contributed by atoms with van der Waals surface area (Å²) in [6.07, 6.45) is 0. The molecule has 5 heteroatoms. The quantitative estimate of drug-likeness (QED) is 0.802. The van der Waals surface area contributed by atoms with Crippen molar-refractivity contribution in [2.45, 2.75) is 26.8 Å². The maximum Gasteiger partial charge on any atom is 0.237 e. The number of carbonyl (C=O) groups is 1. The van der Waals surface area contributed by atoms with Gasteiger partial charge in [-0.25, -0.2) is 0 Å². The van der Waals surface area contributed by atoms with Crippen molar-refractivity contribution in [1.29, 1.82) is 0 Å². The summed E-state index contributed by atoms with van der Waals surface area (Å²) in [5.74, 6) is 1.25. The van der Waals surface area contributed by atoms with E-state index in [1.165, 1.54) is 0 Å². The van der Waals surface area contributed by atoms with E-state index < -0.39 is 0 Å². The molecule has 0 aliphatic heterocycles. The number of halogens is 1. The lowest BCUT2D eigenvalue weighted by Crippen LogP contribution is -2.45. The van der Waals surface area contributed by atoms with Crippen LogP contribution in [0.3, 0.4) is 0 Å². The summed E-state index contributed by atoms with van der Waals surface area (Å²) in [6.45, 7) is 7.94. The lowest BCUT2D eigenvalue weighted by atomic mass is 10.2. The minimum atomic E-state index is -0.174. The van der Waals surface area contributed by atoms with Crippen LogP contribution in [-0.2, 0) is 4.79 Å². The molecule has 21 heavy (non-hydrogen) atoms. The van der Waals surface area contributed by atoms with Gasteiger partial charge in [-0.15, -0.1) is 0 Å². The van der Waals surface area contributed by atoms with Crippen LogP contribution >= 0.6 is 11.6 Å². The average molecular weight is 313 g/mol. The van der Waals surface area contributed by atoms with Gasteiger partial charge in [0.25, 0.3) is 0 Å². The Hall–Kier alpha value is -1.26. The van der Waals surface area contributed by atoms with Crippen LogP contribution in [0.2, 0.25) is 5.02 Å². The Morgan fingerprint density at radius 1 is 1.38 bits per heavy atom. The third kappa shape index (κ3) is 6.82. The molecular formula is C16H25ClN2O2. The van der Waals surface area contributed by atoms with E-state index in [0.717, 1.165) is 5.75 Å². The first-order valence-electron chi connectivity index (χ1n) is 7.26. The number of benzene rings is 1. The molecule has 1 aromatic rings. The van der Waals surface area contributed by atoms with Gasteiger partial charge in [-0.1, -0.05) is 31.5 Å². The maximum atomic E-state index is 12.0. The summed E-state index contributed by atoms with van der Waals surface area (Å²) < 4.78 is 5.63. The number of amides is 1. The Morgan fingerprint density at radius 2 is 2.10 bits per heavy atom. The predicted octanol–water partition coefficient (Wildman–Crippen LogP) is 2.81. The molecule has 118 valence electrons. The molecule has 1 rings (SSSR count). The number of rotatable bonds is 8. The largest absolute Gasteiger partial charge is 0.492 e. The fraction of sp³-hybridized carbons (Fsp3) is 0.562. The van der Waals surface area contributed by atoms with Gasteiger partial charge >= 0.3 is 0 Å². The van der Waals surface area contributed by atoms with Crippen LogP contribution in [0.4, 0.5) is 0 Å². The molecule has 0 saturated heterocycles. The first-order chi connectivity index (χ1) is 9.90. The van der Waals surface area contributed by atoms with Crippen LogP contribution in [-0.4, -0.2) is 43.6 Å². The summed E-state index contributed by atoms with van der Waals surface area (Å²) in [7, 11) is 1.92. The predicted molar refractivity (Wildman–Crippen MR) is 86.9 cm³/mol. The number of nitrogens with zero attached hydrogens (tertiary/aromatic N) is 1. The SMILES string of the molecule is CC(C)CNC(=O)C(C)N(C)CCOc1cccc(Cl)c1. The molecule has 0 bridgehead atoms. The molecule has 0 saturated carbocycles. The van der Waals surface area contributed by atoms with Gasteiger partial charge in [0, 0.05) is 18.1 Å². The first kappa shape index (κ1) is 17.8. The maximum absolute atomic E-state index is 12.0. The Labute approximate surface area is 132 Å². The monoisotopic (exact) mass is 312 g/mol. The molecule has 0 heterocycles. The van der Waals surface area contributed by atoms with E-state index in [1.54, 1.807) is 6.07 Å². The Balaban J connectivity index is 2.32. The van der Waals surface area contributed by atoms with E-state index in [4.69, 9.17) is 16.3 Å². The third-order valence-corrected chi connectivity index (χ3v) is 3.47. The zero-order chi connectivity index (χ0) is 15.8. The fourth-order valence-corrected chi connectivity index (χ4v) is 1.89. The first-order valence-corrected chi connectivity index (χ1v) is 7.64. The van der Waals surface area contributed by atoms with Crippen molar-refractivity contribution in [2.24, 2.45) is 5.92 Å². The Morgan fingerprint density at radius 3 is 2.71 bits per heavy atom. The van der Waals surface area contributed by atoms with Crippen LogP contribution in [0, 0.1) is 5.92 Å². The van der Waals surface area contributed by atoms with Crippen molar-refractivity contribution < 1.29 is 9.53 Å². The number of ether oxygens (including phenoxy) is 1. The van der Waals surface area contributed by atoms with E-state index in [1.807, 2.05) is 37.1 Å². The smallest absolute Gasteiger partial charge is 0.237 e. The average Bonchev–Trinajstić information content (AvgIpc) is 2.43. The Kier molecular flexibility index (Phi) is 7.54. The van der Waals surface area contributed by atoms with Gasteiger partial charge in [0.1, 0.15) is 12.4 Å². The van der Waals surface area contributed by atoms with E-state index >= 15 is 0 Å². The van der Waals surface area contributed by atoms with E-state index in [0.29, 0.717) is 30.6 Å². The minimum Gasteiger partial charge on any atom is -0.492 e. The van der Waals surface area contributed by atoms with Gasteiger partial charge in [0.15, 0.2) is 0 Å². The van der Waals surface area contributed by atoms with Crippen LogP contribution in [0.5, 0.6) is 5.75 Å². The van der Waals surface area contributed by atoms with Crippen molar-refractivity contribution in [3.8, 4) is 5.75 Å². The van der Waals surface area contributed by atoms with Gasteiger partial charge in [-0.2, -0.15) is 0 Å². The van der Waals surface area contributed by atoms with Gasteiger partial charge in [0.05, 0.1) is 6.04 Å². The third-order valence-electron chi connectivity index (χ3n) is 3.23. The molecule has 0 radical (unpaired) electrons. The second-order valence-electron chi connectivity index (χ2n) is 5.60. The number of hydrogen-bond acceptors (Lipinski definition) is 3. The molecule has 4 nitrogen and oxygen atoms in total. The zero-order valence-corrected chi connectivity index (χ0v) is 14.0. The molecule has 0 spiro atoms. The van der Waals surface area contributed by atoms with Crippen LogP contribution in [0.25, 0.3) is 0 Å². The molecule has 0 aromatic heterocycles. The second-order valence-corrected chi connectivity index (χ2v) is 6.04.